The van der Waals surface area contributed by atoms with Gasteiger partial charge in [0.25, 0.3) is 0 Å². The first-order valence-corrected chi connectivity index (χ1v) is 2.41. The van der Waals surface area contributed by atoms with Crippen LogP contribution in [-0.2, 0) is 0 Å². The van der Waals surface area contributed by atoms with Crippen molar-refractivity contribution in [3.05, 3.63) is 35.9 Å². The van der Waals surface area contributed by atoms with E-state index in [9.17, 15) is 0 Å². The SMILES string of the molecule is Cc1ccccc1.Cl.Cl.Cl.[Sb]. The van der Waals surface area contributed by atoms with Crippen LogP contribution in [0.2, 0.25) is 0 Å². The second-order valence-electron chi connectivity index (χ2n) is 1.65. The fourth-order valence-corrected chi connectivity index (χ4v) is 0.534. The van der Waals surface area contributed by atoms with Gasteiger partial charge in [-0.15, -0.1) is 37.2 Å². The fourth-order valence-electron chi connectivity index (χ4n) is 0.534. The van der Waals surface area contributed by atoms with Gasteiger partial charge in [0.1, 0.15) is 0 Å². The van der Waals surface area contributed by atoms with E-state index in [1.165, 1.54) is 5.56 Å². The maximum absolute atomic E-state index is 2.08. The van der Waals surface area contributed by atoms with Crippen LogP contribution in [0.1, 0.15) is 5.56 Å². The van der Waals surface area contributed by atoms with Gasteiger partial charge in [0.05, 0.1) is 0 Å². The normalized spacial score (nSPS) is 5.55. The van der Waals surface area contributed by atoms with Crippen molar-refractivity contribution in [2.45, 2.75) is 6.92 Å². The minimum absolute atomic E-state index is 0. The van der Waals surface area contributed by atoms with E-state index in [0.29, 0.717) is 0 Å². The van der Waals surface area contributed by atoms with E-state index in [4.69, 9.17) is 0 Å². The zero-order chi connectivity index (χ0) is 5.11. The largest absolute Gasteiger partial charge is 0.147 e. The van der Waals surface area contributed by atoms with Crippen LogP contribution < -0.4 is 0 Å². The smallest absolute Gasteiger partial charge is 0 e. The van der Waals surface area contributed by atoms with Gasteiger partial charge in [0, 0.05) is 24.4 Å². The molecule has 1 aromatic carbocycles. The molecule has 11 heavy (non-hydrogen) atoms. The Bertz CT molecular complexity index is 144. The van der Waals surface area contributed by atoms with Gasteiger partial charge in [-0.2, -0.15) is 0 Å². The predicted molar refractivity (Wildman–Crippen MR) is 58.7 cm³/mol. The van der Waals surface area contributed by atoms with Gasteiger partial charge in [-0.25, -0.2) is 0 Å². The number of aryl methyl sites for hydroxylation is 1. The number of rotatable bonds is 0. The number of hydrogen-bond acceptors (Lipinski definition) is 0. The van der Waals surface area contributed by atoms with Crippen LogP contribution in [0, 0.1) is 6.92 Å². The topological polar surface area (TPSA) is 0 Å². The van der Waals surface area contributed by atoms with Crippen LogP contribution in [0.3, 0.4) is 0 Å². The van der Waals surface area contributed by atoms with Crippen molar-refractivity contribution in [1.82, 2.24) is 0 Å². The minimum Gasteiger partial charge on any atom is -0.147 e. The molecule has 0 aliphatic rings. The average molecular weight is 323 g/mol. The van der Waals surface area contributed by atoms with E-state index in [1.54, 1.807) is 0 Å². The van der Waals surface area contributed by atoms with E-state index in [0.717, 1.165) is 0 Å². The summed E-state index contributed by atoms with van der Waals surface area (Å²) in [5.74, 6) is 0. The summed E-state index contributed by atoms with van der Waals surface area (Å²) in [4.78, 5) is 0. The molecule has 0 bridgehead atoms. The fraction of sp³-hybridized carbons (Fsp3) is 0.143. The van der Waals surface area contributed by atoms with Crippen molar-refractivity contribution in [3.63, 3.8) is 0 Å². The standard InChI is InChI=1S/C7H8.3ClH.Sb/c1-7-5-3-2-4-6-7;;;;/h2-6H,1H3;3*1H;. The third-order valence-electron chi connectivity index (χ3n) is 0.940. The van der Waals surface area contributed by atoms with Gasteiger partial charge in [0.15, 0.2) is 0 Å². The van der Waals surface area contributed by atoms with Gasteiger partial charge in [-0.05, 0) is 6.92 Å². The predicted octanol–water partition coefficient (Wildman–Crippen LogP) is 2.88. The van der Waals surface area contributed by atoms with Crippen LogP contribution in [0.25, 0.3) is 0 Å². The molecular formula is C7H11Cl3Sb. The second-order valence-corrected chi connectivity index (χ2v) is 1.65. The van der Waals surface area contributed by atoms with Gasteiger partial charge in [-0.3, -0.25) is 0 Å². The summed E-state index contributed by atoms with van der Waals surface area (Å²) < 4.78 is 0. The molecule has 0 fully saturated rings. The Hall–Kier alpha value is 0.908. The summed E-state index contributed by atoms with van der Waals surface area (Å²) in [7, 11) is 0. The van der Waals surface area contributed by atoms with Crippen molar-refractivity contribution >= 4 is 61.6 Å². The summed E-state index contributed by atoms with van der Waals surface area (Å²) in [5.41, 5.74) is 1.32. The number of halogens is 3. The molecule has 1 rings (SSSR count). The Balaban J connectivity index is -0.0000000612. The molecule has 0 N–H and O–H groups in total. The molecule has 0 amide bonds. The third kappa shape index (κ3) is 10.9. The molecule has 3 radical (unpaired) electrons. The zero-order valence-corrected chi connectivity index (χ0v) is 11.1. The van der Waals surface area contributed by atoms with Gasteiger partial charge < -0.3 is 0 Å². The molecule has 0 aromatic heterocycles. The molecule has 0 aliphatic heterocycles. The Kier molecular flexibility index (Phi) is 27.8. The summed E-state index contributed by atoms with van der Waals surface area (Å²) in [6, 6.07) is 10.3. The van der Waals surface area contributed by atoms with E-state index in [1.807, 2.05) is 18.2 Å². The summed E-state index contributed by atoms with van der Waals surface area (Å²) in [5, 5.41) is 0. The Morgan fingerprint density at radius 2 is 1.18 bits per heavy atom. The molecule has 0 spiro atoms. The maximum Gasteiger partial charge on any atom is 0 e. The van der Waals surface area contributed by atoms with Crippen molar-refractivity contribution in [1.29, 1.82) is 0 Å². The molecule has 1 aromatic rings. The third-order valence-corrected chi connectivity index (χ3v) is 0.940. The number of hydrogen-bond donors (Lipinski definition) is 0. The number of benzene rings is 1. The Morgan fingerprint density at radius 3 is 1.36 bits per heavy atom. The zero-order valence-electron chi connectivity index (χ0n) is 6.06. The Morgan fingerprint density at radius 1 is 0.818 bits per heavy atom. The maximum atomic E-state index is 2.08. The molecule has 0 saturated heterocycles. The summed E-state index contributed by atoms with van der Waals surface area (Å²) >= 11 is 0. The summed E-state index contributed by atoms with van der Waals surface area (Å²) in [6.07, 6.45) is 0. The monoisotopic (exact) mass is 321 g/mol. The van der Waals surface area contributed by atoms with Gasteiger partial charge >= 0.3 is 0 Å². The average Bonchev–Trinajstić information content (AvgIpc) is 1.69. The van der Waals surface area contributed by atoms with Crippen LogP contribution >= 0.6 is 37.2 Å². The van der Waals surface area contributed by atoms with E-state index in [2.05, 4.69) is 19.1 Å². The molecule has 4 heteroatoms. The molecule has 0 unspecified atom stereocenters. The van der Waals surface area contributed by atoms with Gasteiger partial charge in [-0.1, -0.05) is 35.9 Å². The molecule has 0 heterocycles. The minimum atomic E-state index is 0. The van der Waals surface area contributed by atoms with Crippen molar-refractivity contribution < 1.29 is 0 Å². The van der Waals surface area contributed by atoms with Crippen LogP contribution in [0.15, 0.2) is 30.3 Å². The van der Waals surface area contributed by atoms with E-state index >= 15 is 0 Å². The Labute approximate surface area is 104 Å². The molecular weight excluding hydrogens is 312 g/mol. The van der Waals surface area contributed by atoms with Crippen molar-refractivity contribution in [2.24, 2.45) is 0 Å². The molecule has 0 aliphatic carbocycles. The van der Waals surface area contributed by atoms with Crippen molar-refractivity contribution in [2.75, 3.05) is 0 Å². The molecule has 0 nitrogen and oxygen atoms in total. The van der Waals surface area contributed by atoms with E-state index < -0.39 is 0 Å². The first kappa shape index (κ1) is 22.7. The van der Waals surface area contributed by atoms with Crippen LogP contribution in [0.4, 0.5) is 0 Å². The molecule has 0 atom stereocenters. The second kappa shape index (κ2) is 13.5. The summed E-state index contributed by atoms with van der Waals surface area (Å²) in [6.45, 7) is 2.08. The van der Waals surface area contributed by atoms with E-state index in [-0.39, 0.29) is 61.6 Å². The molecule has 65 valence electrons. The quantitative estimate of drug-likeness (QED) is 0.644. The van der Waals surface area contributed by atoms with Crippen LogP contribution in [-0.4, -0.2) is 24.4 Å². The van der Waals surface area contributed by atoms with Gasteiger partial charge in [0.2, 0.25) is 0 Å². The first-order chi connectivity index (χ1) is 3.39. The molecule has 0 saturated carbocycles. The van der Waals surface area contributed by atoms with Crippen molar-refractivity contribution in [3.8, 4) is 0 Å². The first-order valence-electron chi connectivity index (χ1n) is 2.41. The van der Waals surface area contributed by atoms with Crippen LogP contribution in [0.5, 0.6) is 0 Å².